The third kappa shape index (κ3) is 4.59. The van der Waals surface area contributed by atoms with E-state index in [0.29, 0.717) is 39.2 Å². The molecule has 1 amide bonds. The number of aromatic nitrogens is 1. The average Bonchev–Trinajstić information content (AvgIpc) is 3.01. The number of allylic oxidation sites excluding steroid dienone is 1. The molecule has 3 rings (SSSR count). The van der Waals surface area contributed by atoms with E-state index in [-0.39, 0.29) is 12.0 Å². The van der Waals surface area contributed by atoms with Gasteiger partial charge in [-0.15, -0.1) is 11.3 Å². The number of rotatable bonds is 4. The molecular formula is C19H13F3N2O2S. The Hall–Kier alpha value is -3.00. The van der Waals surface area contributed by atoms with Crippen molar-refractivity contribution in [2.75, 3.05) is 5.32 Å². The molecule has 0 aliphatic carbocycles. The van der Waals surface area contributed by atoms with Crippen molar-refractivity contribution in [3.63, 3.8) is 0 Å². The van der Waals surface area contributed by atoms with Crippen LogP contribution in [0.3, 0.4) is 0 Å². The van der Waals surface area contributed by atoms with E-state index in [1.807, 2.05) is 0 Å². The zero-order chi connectivity index (χ0) is 19.6. The molecule has 0 unspecified atom stereocenters. The quantitative estimate of drug-likeness (QED) is 0.620. The Morgan fingerprint density at radius 1 is 1.19 bits per heavy atom. The number of thiazole rings is 1. The summed E-state index contributed by atoms with van der Waals surface area (Å²) >= 11 is 1.25. The summed E-state index contributed by atoms with van der Waals surface area (Å²) in [5.41, 5.74) is 2.37. The van der Waals surface area contributed by atoms with E-state index in [1.165, 1.54) is 29.5 Å². The lowest BCUT2D eigenvalue weighted by Crippen LogP contribution is -2.13. The third-order valence-corrected chi connectivity index (χ3v) is 4.68. The smallest absolute Gasteiger partial charge is 0.322 e. The molecule has 1 N–H and O–H groups in total. The monoisotopic (exact) mass is 390 g/mol. The van der Waals surface area contributed by atoms with Crippen LogP contribution < -0.4 is 5.32 Å². The molecule has 27 heavy (non-hydrogen) atoms. The van der Waals surface area contributed by atoms with Gasteiger partial charge in [0.25, 0.3) is 5.91 Å². The van der Waals surface area contributed by atoms with Crippen LogP contribution in [-0.2, 0) is 0 Å². The summed E-state index contributed by atoms with van der Waals surface area (Å²) in [6.45, 7) is 1.65. The fourth-order valence-electron chi connectivity index (χ4n) is 2.51. The molecular weight excluding hydrogens is 377 g/mol. The van der Waals surface area contributed by atoms with E-state index in [9.17, 15) is 22.8 Å². The second-order valence-electron chi connectivity index (χ2n) is 5.76. The molecule has 1 heterocycles. The number of aldehydes is 1. The lowest BCUT2D eigenvalue weighted by atomic mass is 10.0. The number of benzene rings is 2. The highest BCUT2D eigenvalue weighted by Crippen LogP contribution is 2.25. The molecule has 0 saturated heterocycles. The fourth-order valence-corrected chi connectivity index (χ4v) is 3.27. The maximum absolute atomic E-state index is 12.5. The van der Waals surface area contributed by atoms with Crippen molar-refractivity contribution in [1.82, 2.24) is 4.98 Å². The predicted molar refractivity (Wildman–Crippen MR) is 99.2 cm³/mol. The molecule has 8 heteroatoms. The zero-order valence-electron chi connectivity index (χ0n) is 14.0. The van der Waals surface area contributed by atoms with Crippen LogP contribution in [-0.4, -0.2) is 23.4 Å². The van der Waals surface area contributed by atoms with Gasteiger partial charge < -0.3 is 5.32 Å². The molecule has 0 saturated carbocycles. The van der Waals surface area contributed by atoms with Gasteiger partial charge in [-0.2, -0.15) is 13.2 Å². The average molecular weight is 390 g/mol. The minimum Gasteiger partial charge on any atom is -0.322 e. The van der Waals surface area contributed by atoms with Gasteiger partial charge >= 0.3 is 6.18 Å². The minimum atomic E-state index is -4.39. The van der Waals surface area contributed by atoms with Crippen molar-refractivity contribution in [1.29, 1.82) is 0 Å². The molecule has 1 aromatic heterocycles. The molecule has 0 bridgehead atoms. The minimum absolute atomic E-state index is 0.151. The fraction of sp³-hybridized carbons (Fsp3) is 0.105. The number of amides is 1. The number of aryl methyl sites for hydroxylation is 1. The maximum atomic E-state index is 12.5. The number of nitrogens with one attached hydrogen (secondary N) is 1. The molecule has 0 fully saturated rings. The summed E-state index contributed by atoms with van der Waals surface area (Å²) in [5.74, 6) is -0.385. The summed E-state index contributed by atoms with van der Waals surface area (Å²) in [5, 5.41) is 3.09. The Kier molecular flexibility index (Phi) is 5.09. The van der Waals surface area contributed by atoms with Gasteiger partial charge in [-0.1, -0.05) is 18.2 Å². The summed E-state index contributed by atoms with van der Waals surface area (Å²) in [6, 6.07) is 9.55. The number of hydrogen-bond donors (Lipinski definition) is 1. The van der Waals surface area contributed by atoms with Crippen LogP contribution in [0.4, 0.5) is 18.9 Å². The number of carbonyl (C=O) groups excluding carboxylic acids is 2. The van der Waals surface area contributed by atoms with Gasteiger partial charge in [0.05, 0.1) is 10.2 Å². The van der Waals surface area contributed by atoms with Crippen molar-refractivity contribution in [3.05, 3.63) is 64.2 Å². The molecule has 3 aromatic rings. The van der Waals surface area contributed by atoms with E-state index >= 15 is 0 Å². The molecule has 0 spiro atoms. The van der Waals surface area contributed by atoms with Crippen LogP contribution >= 0.6 is 11.3 Å². The van der Waals surface area contributed by atoms with Crippen LogP contribution in [0.1, 0.15) is 31.3 Å². The summed E-state index contributed by atoms with van der Waals surface area (Å²) in [4.78, 5) is 27.4. The van der Waals surface area contributed by atoms with Crippen molar-refractivity contribution < 1.29 is 22.8 Å². The van der Waals surface area contributed by atoms with Crippen LogP contribution in [0.25, 0.3) is 16.3 Å². The number of fused-ring (bicyclic) bond motifs is 1. The number of anilines is 1. The van der Waals surface area contributed by atoms with E-state index in [2.05, 4.69) is 10.3 Å². The van der Waals surface area contributed by atoms with Gasteiger partial charge in [0.2, 0.25) is 0 Å². The molecule has 2 aromatic carbocycles. The van der Waals surface area contributed by atoms with Crippen LogP contribution in [0.2, 0.25) is 0 Å². The summed E-state index contributed by atoms with van der Waals surface area (Å²) < 4.78 is 37.6. The summed E-state index contributed by atoms with van der Waals surface area (Å²) in [7, 11) is 0. The van der Waals surface area contributed by atoms with Crippen molar-refractivity contribution in [3.8, 4) is 0 Å². The highest BCUT2D eigenvalue weighted by atomic mass is 32.1. The first kappa shape index (κ1) is 18.8. The highest BCUT2D eigenvalue weighted by molar-refractivity contribution is 7.20. The van der Waals surface area contributed by atoms with Crippen molar-refractivity contribution in [2.45, 2.75) is 13.1 Å². The first-order valence-corrected chi connectivity index (χ1v) is 8.60. The Morgan fingerprint density at radius 3 is 2.63 bits per heavy atom. The van der Waals surface area contributed by atoms with Gasteiger partial charge in [-0.25, -0.2) is 4.98 Å². The van der Waals surface area contributed by atoms with Gasteiger partial charge in [-0.3, -0.25) is 9.59 Å². The van der Waals surface area contributed by atoms with Crippen molar-refractivity contribution in [2.24, 2.45) is 0 Å². The number of carbonyl (C=O) groups is 2. The predicted octanol–water partition coefficient (Wildman–Crippen LogP) is 5.25. The second-order valence-corrected chi connectivity index (χ2v) is 6.82. The normalized spacial score (nSPS) is 11.9. The Morgan fingerprint density at radius 2 is 1.96 bits per heavy atom. The lowest BCUT2D eigenvalue weighted by Gasteiger charge is -2.09. The molecule has 0 radical (unpaired) electrons. The van der Waals surface area contributed by atoms with E-state index in [1.54, 1.807) is 25.1 Å². The largest absolute Gasteiger partial charge is 0.409 e. The molecule has 0 aliphatic heterocycles. The van der Waals surface area contributed by atoms with E-state index < -0.39 is 6.18 Å². The Labute approximate surface area is 156 Å². The second kappa shape index (κ2) is 7.32. The molecule has 138 valence electrons. The zero-order valence-corrected chi connectivity index (χ0v) is 14.8. The Balaban J connectivity index is 1.79. The molecule has 4 nitrogen and oxygen atoms in total. The first-order chi connectivity index (χ1) is 12.7. The summed E-state index contributed by atoms with van der Waals surface area (Å²) in [6.07, 6.45) is -2.61. The molecule has 0 atom stereocenters. The number of nitrogens with zero attached hydrogens (tertiary/aromatic N) is 1. The van der Waals surface area contributed by atoms with Crippen LogP contribution in [0, 0.1) is 6.92 Å². The number of alkyl halides is 3. The lowest BCUT2D eigenvalue weighted by molar-refractivity contribution is -0.0790. The van der Waals surface area contributed by atoms with Crippen LogP contribution in [0.5, 0.6) is 0 Å². The van der Waals surface area contributed by atoms with Crippen molar-refractivity contribution >= 4 is 45.5 Å². The van der Waals surface area contributed by atoms with Gasteiger partial charge in [-0.05, 0) is 42.3 Å². The van der Waals surface area contributed by atoms with E-state index in [4.69, 9.17) is 0 Å². The number of hydrogen-bond acceptors (Lipinski definition) is 4. The third-order valence-electron chi connectivity index (χ3n) is 3.72. The first-order valence-electron chi connectivity index (χ1n) is 7.79. The Bertz CT molecular complexity index is 1050. The topological polar surface area (TPSA) is 59.1 Å². The molecule has 0 aliphatic rings. The standard InChI is InChI=1S/C19H13F3N2O2S/c1-11-8-12(6-7-19(20,21)22)2-4-14(11)18(26)23-13-3-5-16-15(9-13)24-17(10-25)27-16/h2-10H,1H3,(H,23,26)/b7-6+. The van der Waals surface area contributed by atoms with E-state index in [0.717, 1.165) is 10.8 Å². The van der Waals surface area contributed by atoms with Crippen LogP contribution in [0.15, 0.2) is 42.5 Å². The maximum Gasteiger partial charge on any atom is 0.409 e. The SMILES string of the molecule is Cc1cc(/C=C/C(F)(F)F)ccc1C(=O)Nc1ccc2sc(C=O)nc2c1. The van der Waals surface area contributed by atoms with Gasteiger partial charge in [0.1, 0.15) is 0 Å². The number of halogens is 3. The van der Waals surface area contributed by atoms with Gasteiger partial charge in [0, 0.05) is 17.3 Å². The highest BCUT2D eigenvalue weighted by Gasteiger charge is 2.21. The van der Waals surface area contributed by atoms with Gasteiger partial charge in [0.15, 0.2) is 11.3 Å².